The van der Waals surface area contributed by atoms with Crippen molar-refractivity contribution in [2.24, 2.45) is 0 Å². The zero-order valence-electron chi connectivity index (χ0n) is 13.7. The van der Waals surface area contributed by atoms with Crippen LogP contribution >= 0.6 is 0 Å². The van der Waals surface area contributed by atoms with Gasteiger partial charge in [-0.05, 0) is 68.4 Å². The Kier molecular flexibility index (Phi) is 4.55. The van der Waals surface area contributed by atoms with Crippen LogP contribution in [0.3, 0.4) is 0 Å². The predicted molar refractivity (Wildman–Crippen MR) is 93.0 cm³/mol. The largest absolute Gasteiger partial charge is 0.241 e. The second-order valence-corrected chi connectivity index (χ2v) is 8.11. The predicted octanol–water partition coefficient (Wildman–Crippen LogP) is 3.91. The summed E-state index contributed by atoms with van der Waals surface area (Å²) in [5.41, 5.74) is 4.86. The summed E-state index contributed by atoms with van der Waals surface area (Å²) in [6, 6.07) is 13.1. The van der Waals surface area contributed by atoms with Gasteiger partial charge < -0.3 is 0 Å². The van der Waals surface area contributed by atoms with Crippen molar-refractivity contribution >= 4 is 10.0 Å². The number of sulfonamides is 1. The number of nitrogens with one attached hydrogen (secondary N) is 1. The molecule has 2 aromatic carbocycles. The summed E-state index contributed by atoms with van der Waals surface area (Å²) < 4.78 is 27.8. The molecule has 3 rings (SSSR count). The van der Waals surface area contributed by atoms with Crippen LogP contribution in [0.1, 0.15) is 48.1 Å². The monoisotopic (exact) mass is 329 g/mol. The van der Waals surface area contributed by atoms with Crippen molar-refractivity contribution < 1.29 is 8.42 Å². The average Bonchev–Trinajstić information content (AvgIpc) is 2.54. The van der Waals surface area contributed by atoms with Gasteiger partial charge in [0, 0.05) is 6.04 Å². The molecule has 0 heterocycles. The second kappa shape index (κ2) is 6.46. The van der Waals surface area contributed by atoms with E-state index >= 15 is 0 Å². The van der Waals surface area contributed by atoms with Crippen LogP contribution in [0, 0.1) is 6.92 Å². The van der Waals surface area contributed by atoms with Gasteiger partial charge in [0.2, 0.25) is 10.0 Å². The molecule has 3 nitrogen and oxygen atoms in total. The number of aryl methyl sites for hydroxylation is 3. The molecule has 0 fully saturated rings. The summed E-state index contributed by atoms with van der Waals surface area (Å²) in [7, 11) is -3.50. The summed E-state index contributed by atoms with van der Waals surface area (Å²) >= 11 is 0. The van der Waals surface area contributed by atoms with Crippen LogP contribution in [0.4, 0.5) is 0 Å². The molecular formula is C19H23NO2S. The maximum absolute atomic E-state index is 12.5. The molecule has 0 saturated carbocycles. The third kappa shape index (κ3) is 3.65. The molecule has 23 heavy (non-hydrogen) atoms. The Morgan fingerprint density at radius 2 is 1.61 bits per heavy atom. The van der Waals surface area contributed by atoms with Crippen LogP contribution < -0.4 is 4.72 Å². The molecule has 0 bridgehead atoms. The molecule has 0 aliphatic heterocycles. The highest BCUT2D eigenvalue weighted by molar-refractivity contribution is 7.89. The molecule has 0 unspecified atom stereocenters. The summed E-state index contributed by atoms with van der Waals surface area (Å²) in [6.45, 7) is 3.84. The van der Waals surface area contributed by atoms with Crippen molar-refractivity contribution in [1.29, 1.82) is 0 Å². The van der Waals surface area contributed by atoms with E-state index in [1.165, 1.54) is 24.0 Å². The molecule has 0 aromatic heterocycles. The quantitative estimate of drug-likeness (QED) is 0.924. The second-order valence-electron chi connectivity index (χ2n) is 6.39. The van der Waals surface area contributed by atoms with Crippen molar-refractivity contribution in [3.63, 3.8) is 0 Å². The molecule has 4 heteroatoms. The fourth-order valence-corrected chi connectivity index (χ4v) is 4.34. The minimum Gasteiger partial charge on any atom is -0.207 e. The molecule has 1 aliphatic carbocycles. The summed E-state index contributed by atoms with van der Waals surface area (Å²) in [4.78, 5) is 0.313. The molecule has 0 saturated heterocycles. The number of fused-ring (bicyclic) bond motifs is 1. The zero-order chi connectivity index (χ0) is 16.4. The maximum Gasteiger partial charge on any atom is 0.241 e. The van der Waals surface area contributed by atoms with Crippen LogP contribution in [0.25, 0.3) is 0 Å². The number of benzene rings is 2. The molecular weight excluding hydrogens is 306 g/mol. The van der Waals surface area contributed by atoms with Crippen molar-refractivity contribution in [3.05, 3.63) is 64.7 Å². The van der Waals surface area contributed by atoms with E-state index in [1.54, 1.807) is 12.1 Å². The summed E-state index contributed by atoms with van der Waals surface area (Å²) in [5.74, 6) is 0. The Bertz CT molecular complexity index is 795. The molecule has 1 aliphatic rings. The van der Waals surface area contributed by atoms with Gasteiger partial charge in [-0.1, -0.05) is 35.9 Å². The van der Waals surface area contributed by atoms with Gasteiger partial charge in [0.1, 0.15) is 0 Å². The molecule has 2 aromatic rings. The molecule has 0 spiro atoms. The molecule has 0 amide bonds. The van der Waals surface area contributed by atoms with Gasteiger partial charge in [-0.15, -0.1) is 0 Å². The van der Waals surface area contributed by atoms with Crippen LogP contribution in [0.2, 0.25) is 0 Å². The number of rotatable bonds is 4. The normalized spacial score (nSPS) is 15.9. The summed E-state index contributed by atoms with van der Waals surface area (Å²) in [5, 5.41) is 0. The van der Waals surface area contributed by atoms with Gasteiger partial charge in [-0.3, -0.25) is 0 Å². The fraction of sp³-hybridized carbons (Fsp3) is 0.368. The zero-order valence-corrected chi connectivity index (χ0v) is 14.5. The lowest BCUT2D eigenvalue weighted by molar-refractivity contribution is 0.566. The van der Waals surface area contributed by atoms with E-state index in [1.807, 2.05) is 32.0 Å². The Hall–Kier alpha value is -1.65. The van der Waals surface area contributed by atoms with Gasteiger partial charge in [0.05, 0.1) is 4.90 Å². The van der Waals surface area contributed by atoms with E-state index < -0.39 is 10.0 Å². The molecule has 122 valence electrons. The highest BCUT2D eigenvalue weighted by Crippen LogP contribution is 2.25. The molecule has 0 radical (unpaired) electrons. The minimum absolute atomic E-state index is 0.242. The Morgan fingerprint density at radius 1 is 0.957 bits per heavy atom. The van der Waals surface area contributed by atoms with Crippen molar-refractivity contribution in [2.75, 3.05) is 0 Å². The van der Waals surface area contributed by atoms with E-state index in [-0.39, 0.29) is 6.04 Å². The van der Waals surface area contributed by atoms with Crippen molar-refractivity contribution in [2.45, 2.75) is 50.5 Å². The van der Waals surface area contributed by atoms with Crippen LogP contribution in [0.5, 0.6) is 0 Å². The van der Waals surface area contributed by atoms with Crippen LogP contribution in [0.15, 0.2) is 47.4 Å². The third-order valence-electron chi connectivity index (χ3n) is 4.54. The first-order valence-electron chi connectivity index (χ1n) is 8.16. The van der Waals surface area contributed by atoms with E-state index in [0.29, 0.717) is 4.90 Å². The summed E-state index contributed by atoms with van der Waals surface area (Å²) in [6.07, 6.45) is 4.71. The van der Waals surface area contributed by atoms with Crippen LogP contribution in [-0.4, -0.2) is 8.42 Å². The van der Waals surface area contributed by atoms with Crippen molar-refractivity contribution in [3.8, 4) is 0 Å². The van der Waals surface area contributed by atoms with Gasteiger partial charge in [-0.2, -0.15) is 0 Å². The lowest BCUT2D eigenvalue weighted by Gasteiger charge is -2.20. The van der Waals surface area contributed by atoms with Crippen molar-refractivity contribution in [1.82, 2.24) is 4.72 Å². The van der Waals surface area contributed by atoms with E-state index in [0.717, 1.165) is 24.0 Å². The smallest absolute Gasteiger partial charge is 0.207 e. The Balaban J connectivity index is 1.80. The highest BCUT2D eigenvalue weighted by atomic mass is 32.2. The topological polar surface area (TPSA) is 46.2 Å². The van der Waals surface area contributed by atoms with E-state index in [4.69, 9.17) is 0 Å². The third-order valence-corrected chi connectivity index (χ3v) is 6.09. The van der Waals surface area contributed by atoms with Gasteiger partial charge in [-0.25, -0.2) is 13.1 Å². The van der Waals surface area contributed by atoms with Gasteiger partial charge in [0.25, 0.3) is 0 Å². The molecule has 1 atom stereocenters. The SMILES string of the molecule is Cc1ccc(S(=O)(=O)N[C@@H](C)c2ccc3c(c2)CCCC3)cc1. The first-order valence-corrected chi connectivity index (χ1v) is 9.65. The minimum atomic E-state index is -3.50. The first kappa shape index (κ1) is 16.2. The lowest BCUT2D eigenvalue weighted by Crippen LogP contribution is -2.27. The van der Waals surface area contributed by atoms with Crippen LogP contribution in [-0.2, 0) is 22.9 Å². The van der Waals surface area contributed by atoms with Gasteiger partial charge >= 0.3 is 0 Å². The standard InChI is InChI=1S/C19H23NO2S/c1-14-7-11-19(12-8-14)23(21,22)20-15(2)17-10-9-16-5-3-4-6-18(16)13-17/h7-13,15,20H,3-6H2,1-2H3/t15-/m0/s1. The highest BCUT2D eigenvalue weighted by Gasteiger charge is 2.19. The Labute approximate surface area is 138 Å². The number of hydrogen-bond acceptors (Lipinski definition) is 2. The fourth-order valence-electron chi connectivity index (χ4n) is 3.11. The van der Waals surface area contributed by atoms with E-state index in [2.05, 4.69) is 16.9 Å². The molecule has 1 N–H and O–H groups in total. The maximum atomic E-state index is 12.5. The average molecular weight is 329 g/mol. The lowest BCUT2D eigenvalue weighted by atomic mass is 9.89. The first-order chi connectivity index (χ1) is 11.0. The Morgan fingerprint density at radius 3 is 2.30 bits per heavy atom. The number of hydrogen-bond donors (Lipinski definition) is 1. The van der Waals surface area contributed by atoms with E-state index in [9.17, 15) is 8.42 Å². The van der Waals surface area contributed by atoms with Gasteiger partial charge in [0.15, 0.2) is 0 Å².